The molecular weight excluding hydrogens is 208 g/mol. The normalized spacial score (nSPS) is 24.6. The fourth-order valence-electron chi connectivity index (χ4n) is 2.82. The number of nitrogens with zero attached hydrogens (tertiary/aromatic N) is 1. The van der Waals surface area contributed by atoms with Gasteiger partial charge in [-0.15, -0.1) is 0 Å². The van der Waals surface area contributed by atoms with Crippen LogP contribution in [-0.2, 0) is 0 Å². The van der Waals surface area contributed by atoms with Gasteiger partial charge in [-0.1, -0.05) is 13.0 Å². The molecule has 0 atom stereocenters. The van der Waals surface area contributed by atoms with Gasteiger partial charge in [-0.2, -0.15) is 0 Å². The summed E-state index contributed by atoms with van der Waals surface area (Å²) in [5, 5.41) is 0. The number of aryl methyl sites for hydroxylation is 1. The number of nitrogen functional groups attached to an aromatic ring is 1. The topological polar surface area (TPSA) is 29.3 Å². The minimum Gasteiger partial charge on any atom is -0.397 e. The molecule has 2 N–H and O–H groups in total. The third-order valence-electron chi connectivity index (χ3n) is 4.10. The fraction of sp³-hybridized carbons (Fsp3) is 0.600. The van der Waals surface area contributed by atoms with E-state index in [2.05, 4.69) is 44.0 Å². The molecule has 1 aromatic carbocycles. The Kier molecular flexibility index (Phi) is 3.60. The van der Waals surface area contributed by atoms with Crippen LogP contribution in [0.5, 0.6) is 0 Å². The van der Waals surface area contributed by atoms with Crippen LogP contribution in [0.25, 0.3) is 0 Å². The van der Waals surface area contributed by atoms with Gasteiger partial charge in [-0.3, -0.25) is 0 Å². The Balaban J connectivity index is 2.11. The number of benzene rings is 1. The predicted molar refractivity (Wildman–Crippen MR) is 75.4 cm³/mol. The average Bonchev–Trinajstić information content (AvgIpc) is 2.29. The summed E-state index contributed by atoms with van der Waals surface area (Å²) >= 11 is 0. The van der Waals surface area contributed by atoms with Gasteiger partial charge in [-0.05, 0) is 56.2 Å². The van der Waals surface area contributed by atoms with Crippen LogP contribution in [0.3, 0.4) is 0 Å². The zero-order chi connectivity index (χ0) is 12.4. The monoisotopic (exact) mass is 232 g/mol. The molecular formula is C15H24N2. The van der Waals surface area contributed by atoms with Crippen LogP contribution in [-0.4, -0.2) is 13.1 Å². The summed E-state index contributed by atoms with van der Waals surface area (Å²) < 4.78 is 0. The Bertz CT molecular complexity index is 379. The zero-order valence-electron chi connectivity index (χ0n) is 11.2. The highest BCUT2D eigenvalue weighted by atomic mass is 15.1. The molecule has 2 nitrogen and oxygen atoms in total. The van der Waals surface area contributed by atoms with Crippen LogP contribution in [0.15, 0.2) is 18.2 Å². The first kappa shape index (κ1) is 12.3. The molecule has 0 saturated heterocycles. The van der Waals surface area contributed by atoms with Gasteiger partial charge in [0.1, 0.15) is 0 Å². The van der Waals surface area contributed by atoms with Crippen molar-refractivity contribution in [3.05, 3.63) is 23.8 Å². The zero-order valence-corrected chi connectivity index (χ0v) is 11.2. The minimum absolute atomic E-state index is 0.663. The third kappa shape index (κ3) is 2.74. The summed E-state index contributed by atoms with van der Waals surface area (Å²) in [4.78, 5) is 2.38. The predicted octanol–water partition coefficient (Wildman–Crippen LogP) is 3.59. The van der Waals surface area contributed by atoms with Crippen molar-refractivity contribution in [1.29, 1.82) is 0 Å². The van der Waals surface area contributed by atoms with Gasteiger partial charge in [0, 0.05) is 13.1 Å². The van der Waals surface area contributed by atoms with E-state index in [-0.39, 0.29) is 0 Å². The molecule has 1 saturated carbocycles. The Labute approximate surface area is 105 Å². The summed E-state index contributed by atoms with van der Waals surface area (Å²) in [5.41, 5.74) is 9.45. The Morgan fingerprint density at radius 2 is 1.82 bits per heavy atom. The standard InChI is InChI=1S/C15H24N2/c1-11-4-7-13(8-5-11)17(3)15-9-6-12(2)10-14(15)16/h6,9-11,13H,4-5,7-8,16H2,1-3H3. The van der Waals surface area contributed by atoms with Gasteiger partial charge in [0.2, 0.25) is 0 Å². The maximum Gasteiger partial charge on any atom is 0.0600 e. The Morgan fingerprint density at radius 1 is 1.18 bits per heavy atom. The second kappa shape index (κ2) is 4.99. The fourth-order valence-corrected chi connectivity index (χ4v) is 2.82. The molecule has 0 unspecified atom stereocenters. The van der Waals surface area contributed by atoms with Crippen LogP contribution >= 0.6 is 0 Å². The smallest absolute Gasteiger partial charge is 0.0600 e. The molecule has 0 heterocycles. The molecule has 0 radical (unpaired) electrons. The van der Waals surface area contributed by atoms with E-state index < -0.39 is 0 Å². The van der Waals surface area contributed by atoms with E-state index >= 15 is 0 Å². The van der Waals surface area contributed by atoms with Gasteiger partial charge in [-0.25, -0.2) is 0 Å². The van der Waals surface area contributed by atoms with E-state index in [1.54, 1.807) is 0 Å². The Hall–Kier alpha value is -1.18. The Morgan fingerprint density at radius 3 is 2.41 bits per heavy atom. The molecule has 17 heavy (non-hydrogen) atoms. The van der Waals surface area contributed by atoms with Crippen LogP contribution < -0.4 is 10.6 Å². The third-order valence-corrected chi connectivity index (χ3v) is 4.10. The van der Waals surface area contributed by atoms with Crippen molar-refractivity contribution in [2.24, 2.45) is 5.92 Å². The number of hydrogen-bond donors (Lipinski definition) is 1. The lowest BCUT2D eigenvalue weighted by atomic mass is 9.86. The van der Waals surface area contributed by atoms with E-state index in [9.17, 15) is 0 Å². The molecule has 0 aliphatic heterocycles. The highest BCUT2D eigenvalue weighted by Gasteiger charge is 2.22. The minimum atomic E-state index is 0.663. The number of hydrogen-bond acceptors (Lipinski definition) is 2. The molecule has 0 aromatic heterocycles. The van der Waals surface area contributed by atoms with Crippen molar-refractivity contribution >= 4 is 11.4 Å². The lowest BCUT2D eigenvalue weighted by molar-refractivity contribution is 0.341. The maximum atomic E-state index is 6.11. The molecule has 1 fully saturated rings. The van der Waals surface area contributed by atoms with Crippen molar-refractivity contribution in [3.63, 3.8) is 0 Å². The maximum absolute atomic E-state index is 6.11. The second-order valence-electron chi connectivity index (χ2n) is 5.59. The molecule has 0 bridgehead atoms. The molecule has 2 heteroatoms. The molecule has 1 aliphatic carbocycles. The van der Waals surface area contributed by atoms with Crippen LogP contribution in [0.4, 0.5) is 11.4 Å². The van der Waals surface area contributed by atoms with E-state index in [1.807, 2.05) is 0 Å². The largest absolute Gasteiger partial charge is 0.397 e. The van der Waals surface area contributed by atoms with E-state index in [1.165, 1.54) is 36.9 Å². The van der Waals surface area contributed by atoms with Crippen molar-refractivity contribution in [2.75, 3.05) is 17.7 Å². The van der Waals surface area contributed by atoms with Gasteiger partial charge in [0.15, 0.2) is 0 Å². The van der Waals surface area contributed by atoms with Crippen LogP contribution in [0, 0.1) is 12.8 Å². The number of nitrogens with two attached hydrogens (primary N) is 1. The SMILES string of the molecule is Cc1ccc(N(C)C2CCC(C)CC2)c(N)c1. The van der Waals surface area contributed by atoms with Crippen LogP contribution in [0.1, 0.15) is 38.2 Å². The molecule has 0 spiro atoms. The van der Waals surface area contributed by atoms with Crippen molar-refractivity contribution < 1.29 is 0 Å². The summed E-state index contributed by atoms with van der Waals surface area (Å²) in [6.45, 7) is 4.44. The lowest BCUT2D eigenvalue weighted by Crippen LogP contribution is -2.35. The summed E-state index contributed by atoms with van der Waals surface area (Å²) in [6, 6.07) is 7.03. The quantitative estimate of drug-likeness (QED) is 0.790. The number of anilines is 2. The van der Waals surface area contributed by atoms with E-state index in [0.29, 0.717) is 6.04 Å². The summed E-state index contributed by atoms with van der Waals surface area (Å²) in [5.74, 6) is 0.898. The molecule has 1 aliphatic rings. The number of rotatable bonds is 2. The molecule has 2 rings (SSSR count). The first-order valence-corrected chi connectivity index (χ1v) is 6.67. The van der Waals surface area contributed by atoms with Crippen LogP contribution in [0.2, 0.25) is 0 Å². The van der Waals surface area contributed by atoms with Gasteiger partial charge >= 0.3 is 0 Å². The van der Waals surface area contributed by atoms with E-state index in [4.69, 9.17) is 5.73 Å². The first-order valence-electron chi connectivity index (χ1n) is 6.67. The highest BCUT2D eigenvalue weighted by Crippen LogP contribution is 2.32. The summed E-state index contributed by atoms with van der Waals surface area (Å²) in [6.07, 6.45) is 5.29. The average molecular weight is 232 g/mol. The highest BCUT2D eigenvalue weighted by molar-refractivity contribution is 5.68. The van der Waals surface area contributed by atoms with Crippen molar-refractivity contribution in [3.8, 4) is 0 Å². The summed E-state index contributed by atoms with van der Waals surface area (Å²) in [7, 11) is 2.18. The van der Waals surface area contributed by atoms with Crippen molar-refractivity contribution in [2.45, 2.75) is 45.6 Å². The van der Waals surface area contributed by atoms with Gasteiger partial charge in [0.25, 0.3) is 0 Å². The van der Waals surface area contributed by atoms with Crippen molar-refractivity contribution in [1.82, 2.24) is 0 Å². The van der Waals surface area contributed by atoms with Gasteiger partial charge in [0.05, 0.1) is 11.4 Å². The van der Waals surface area contributed by atoms with E-state index in [0.717, 1.165) is 11.6 Å². The molecule has 94 valence electrons. The lowest BCUT2D eigenvalue weighted by Gasteiger charge is -2.35. The second-order valence-corrected chi connectivity index (χ2v) is 5.59. The first-order chi connectivity index (χ1) is 8.08. The van der Waals surface area contributed by atoms with Gasteiger partial charge < -0.3 is 10.6 Å². The molecule has 1 aromatic rings. The molecule has 0 amide bonds.